The minimum absolute atomic E-state index is 0.353. The first-order valence-corrected chi connectivity index (χ1v) is 8.17. The Labute approximate surface area is 118 Å². The highest BCUT2D eigenvalue weighted by Crippen LogP contribution is 2.28. The van der Waals surface area contributed by atoms with Gasteiger partial charge in [-0.3, -0.25) is 4.79 Å². The minimum atomic E-state index is 0.353. The molecule has 110 valence electrons. The Morgan fingerprint density at radius 3 is 2.58 bits per heavy atom. The maximum absolute atomic E-state index is 12.3. The largest absolute Gasteiger partial charge is 0.343 e. The van der Waals surface area contributed by atoms with Gasteiger partial charge in [0.2, 0.25) is 5.91 Å². The van der Waals surface area contributed by atoms with Crippen molar-refractivity contribution in [3.63, 3.8) is 0 Å². The number of carbonyl (C=O) groups excluding carboxylic acids is 1. The number of piperidine rings is 1. The second kappa shape index (κ2) is 7.28. The molecule has 1 saturated heterocycles. The third-order valence-corrected chi connectivity index (χ3v) is 5.08. The van der Waals surface area contributed by atoms with E-state index >= 15 is 0 Å². The van der Waals surface area contributed by atoms with E-state index in [0.29, 0.717) is 23.9 Å². The van der Waals surface area contributed by atoms with Crippen molar-refractivity contribution >= 4 is 5.91 Å². The second-order valence-corrected chi connectivity index (χ2v) is 6.52. The van der Waals surface area contributed by atoms with Crippen LogP contribution in [0.5, 0.6) is 0 Å². The lowest BCUT2D eigenvalue weighted by molar-refractivity contribution is -0.133. The first-order valence-electron chi connectivity index (χ1n) is 8.17. The molecule has 1 aliphatic heterocycles. The van der Waals surface area contributed by atoms with Gasteiger partial charge in [-0.15, -0.1) is 0 Å². The van der Waals surface area contributed by atoms with Gasteiger partial charge in [0.1, 0.15) is 0 Å². The van der Waals surface area contributed by atoms with Crippen LogP contribution in [0.3, 0.4) is 0 Å². The van der Waals surface area contributed by atoms with Crippen LogP contribution in [-0.2, 0) is 4.79 Å². The summed E-state index contributed by atoms with van der Waals surface area (Å²) >= 11 is 0. The molecule has 3 atom stereocenters. The molecule has 19 heavy (non-hydrogen) atoms. The number of hydrogen-bond donors (Lipinski definition) is 1. The lowest BCUT2D eigenvalue weighted by atomic mass is 9.85. The molecule has 2 fully saturated rings. The van der Waals surface area contributed by atoms with Gasteiger partial charge in [0, 0.05) is 25.6 Å². The van der Waals surface area contributed by atoms with E-state index in [0.717, 1.165) is 19.4 Å². The van der Waals surface area contributed by atoms with Gasteiger partial charge in [-0.05, 0) is 44.6 Å². The first-order chi connectivity index (χ1) is 9.18. The second-order valence-electron chi connectivity index (χ2n) is 6.52. The van der Waals surface area contributed by atoms with Crippen molar-refractivity contribution in [1.29, 1.82) is 0 Å². The highest BCUT2D eigenvalue weighted by atomic mass is 16.2. The molecule has 0 aromatic carbocycles. The Bertz CT molecular complexity index is 286. The smallest absolute Gasteiger partial charge is 0.222 e. The van der Waals surface area contributed by atoms with Crippen molar-refractivity contribution in [1.82, 2.24) is 10.2 Å². The Kier molecular flexibility index (Phi) is 5.68. The number of nitrogens with one attached hydrogen (secondary N) is 1. The molecule has 0 bridgehead atoms. The topological polar surface area (TPSA) is 32.3 Å². The third kappa shape index (κ3) is 4.20. The summed E-state index contributed by atoms with van der Waals surface area (Å²) in [6.45, 7) is 3.44. The van der Waals surface area contributed by atoms with Gasteiger partial charge >= 0.3 is 0 Å². The van der Waals surface area contributed by atoms with Gasteiger partial charge in [0.05, 0.1) is 0 Å². The molecular formula is C16H30N2O. The van der Waals surface area contributed by atoms with Gasteiger partial charge < -0.3 is 10.2 Å². The van der Waals surface area contributed by atoms with E-state index in [2.05, 4.69) is 12.2 Å². The molecule has 0 aromatic heterocycles. The van der Waals surface area contributed by atoms with E-state index in [1.165, 1.54) is 44.9 Å². The van der Waals surface area contributed by atoms with Crippen LogP contribution >= 0.6 is 0 Å². The van der Waals surface area contributed by atoms with Crippen LogP contribution in [0.2, 0.25) is 0 Å². The summed E-state index contributed by atoms with van der Waals surface area (Å²) in [5.41, 5.74) is 0. The maximum atomic E-state index is 12.3. The SMILES string of the molecule is CC1CCCCC1N(C)C(=O)CCC1CCCCN1. The van der Waals surface area contributed by atoms with Crippen LogP contribution in [0, 0.1) is 5.92 Å². The highest BCUT2D eigenvalue weighted by molar-refractivity contribution is 5.76. The molecule has 1 heterocycles. The number of amides is 1. The van der Waals surface area contributed by atoms with E-state index in [1.807, 2.05) is 11.9 Å². The number of carbonyl (C=O) groups is 1. The summed E-state index contributed by atoms with van der Waals surface area (Å²) in [5, 5.41) is 3.53. The molecule has 1 saturated carbocycles. The zero-order valence-corrected chi connectivity index (χ0v) is 12.7. The standard InChI is InChI=1S/C16H30N2O/c1-13-7-3-4-9-15(13)18(2)16(19)11-10-14-8-5-6-12-17-14/h13-15,17H,3-12H2,1-2H3. The summed E-state index contributed by atoms with van der Waals surface area (Å²) in [6, 6.07) is 1.07. The van der Waals surface area contributed by atoms with Gasteiger partial charge in [-0.2, -0.15) is 0 Å². The molecule has 1 aliphatic carbocycles. The average Bonchev–Trinajstić information content (AvgIpc) is 2.45. The fourth-order valence-electron chi connectivity index (χ4n) is 3.70. The summed E-state index contributed by atoms with van der Waals surface area (Å²) < 4.78 is 0. The first kappa shape index (κ1) is 14.8. The van der Waals surface area contributed by atoms with Crippen LogP contribution < -0.4 is 5.32 Å². The monoisotopic (exact) mass is 266 g/mol. The predicted octanol–water partition coefficient (Wildman–Crippen LogP) is 2.95. The van der Waals surface area contributed by atoms with E-state index in [9.17, 15) is 4.79 Å². The lowest BCUT2D eigenvalue weighted by Crippen LogP contribution is -2.43. The van der Waals surface area contributed by atoms with Crippen LogP contribution in [0.15, 0.2) is 0 Å². The van der Waals surface area contributed by atoms with Crippen LogP contribution in [0.4, 0.5) is 0 Å². The fourth-order valence-corrected chi connectivity index (χ4v) is 3.70. The van der Waals surface area contributed by atoms with Crippen molar-refractivity contribution in [3.05, 3.63) is 0 Å². The fraction of sp³-hybridized carbons (Fsp3) is 0.938. The minimum Gasteiger partial charge on any atom is -0.343 e. The van der Waals surface area contributed by atoms with Gasteiger partial charge in [-0.25, -0.2) is 0 Å². The van der Waals surface area contributed by atoms with Gasteiger partial charge in [-0.1, -0.05) is 26.2 Å². The van der Waals surface area contributed by atoms with Crippen molar-refractivity contribution in [2.24, 2.45) is 5.92 Å². The number of hydrogen-bond acceptors (Lipinski definition) is 2. The van der Waals surface area contributed by atoms with Crippen LogP contribution in [-0.4, -0.2) is 36.5 Å². The van der Waals surface area contributed by atoms with Crippen molar-refractivity contribution in [3.8, 4) is 0 Å². The zero-order valence-electron chi connectivity index (χ0n) is 12.7. The summed E-state index contributed by atoms with van der Waals surface area (Å²) in [5.74, 6) is 1.03. The lowest BCUT2D eigenvalue weighted by Gasteiger charge is -2.36. The molecule has 1 amide bonds. The highest BCUT2D eigenvalue weighted by Gasteiger charge is 2.27. The zero-order chi connectivity index (χ0) is 13.7. The molecule has 3 heteroatoms. The molecule has 0 spiro atoms. The Morgan fingerprint density at radius 2 is 1.89 bits per heavy atom. The van der Waals surface area contributed by atoms with Crippen LogP contribution in [0.25, 0.3) is 0 Å². The molecule has 2 aliphatic rings. The summed E-state index contributed by atoms with van der Waals surface area (Å²) in [4.78, 5) is 14.4. The van der Waals surface area contributed by atoms with E-state index in [1.54, 1.807) is 0 Å². The van der Waals surface area contributed by atoms with E-state index in [4.69, 9.17) is 0 Å². The molecule has 3 nitrogen and oxygen atoms in total. The molecule has 1 N–H and O–H groups in total. The number of nitrogens with zero attached hydrogens (tertiary/aromatic N) is 1. The van der Waals surface area contributed by atoms with Crippen molar-refractivity contribution in [2.75, 3.05) is 13.6 Å². The quantitative estimate of drug-likeness (QED) is 0.848. The van der Waals surface area contributed by atoms with Crippen molar-refractivity contribution in [2.45, 2.75) is 76.8 Å². The number of rotatable bonds is 4. The van der Waals surface area contributed by atoms with Crippen molar-refractivity contribution < 1.29 is 4.79 Å². The maximum Gasteiger partial charge on any atom is 0.222 e. The molecule has 3 unspecified atom stereocenters. The summed E-state index contributed by atoms with van der Waals surface area (Å²) in [6.07, 6.45) is 10.7. The van der Waals surface area contributed by atoms with E-state index in [-0.39, 0.29) is 0 Å². The predicted molar refractivity (Wildman–Crippen MR) is 79.1 cm³/mol. The Morgan fingerprint density at radius 1 is 1.16 bits per heavy atom. The Hall–Kier alpha value is -0.570. The van der Waals surface area contributed by atoms with Gasteiger partial charge in [0.25, 0.3) is 0 Å². The average molecular weight is 266 g/mol. The third-order valence-electron chi connectivity index (χ3n) is 5.08. The summed E-state index contributed by atoms with van der Waals surface area (Å²) in [7, 11) is 2.02. The molecule has 0 radical (unpaired) electrons. The van der Waals surface area contributed by atoms with Gasteiger partial charge in [0.15, 0.2) is 0 Å². The molecule has 2 rings (SSSR count). The molecule has 0 aromatic rings. The Balaban J connectivity index is 1.74. The van der Waals surface area contributed by atoms with Crippen LogP contribution in [0.1, 0.15) is 64.7 Å². The van der Waals surface area contributed by atoms with E-state index < -0.39 is 0 Å². The normalized spacial score (nSPS) is 32.0. The molecular weight excluding hydrogens is 236 g/mol.